The zero-order valence-electron chi connectivity index (χ0n) is 12.6. The highest BCUT2D eigenvalue weighted by molar-refractivity contribution is 5.76. The standard InChI is InChI=1S/C14H11F6N3O2/c1-13(16,17)5-10(24)21-6-8-3-2-7(4-9(8)15)11-22-12(25-23-11)14(18,19)20/h2-4H,5-6H2,1H3,(H,21,24). The highest BCUT2D eigenvalue weighted by Gasteiger charge is 2.38. The maximum absolute atomic E-state index is 14.0. The number of benzene rings is 1. The van der Waals surface area contributed by atoms with Crippen molar-refractivity contribution in [3.05, 3.63) is 35.5 Å². The summed E-state index contributed by atoms with van der Waals surface area (Å²) in [7, 11) is 0. The zero-order valence-corrected chi connectivity index (χ0v) is 12.6. The van der Waals surface area contributed by atoms with Crippen LogP contribution in [0.5, 0.6) is 0 Å². The van der Waals surface area contributed by atoms with Crippen molar-refractivity contribution in [3.8, 4) is 11.4 Å². The molecule has 25 heavy (non-hydrogen) atoms. The van der Waals surface area contributed by atoms with Gasteiger partial charge in [-0.1, -0.05) is 17.3 Å². The van der Waals surface area contributed by atoms with E-state index in [1.54, 1.807) is 0 Å². The molecule has 1 amide bonds. The fourth-order valence-corrected chi connectivity index (χ4v) is 1.82. The van der Waals surface area contributed by atoms with Crippen molar-refractivity contribution in [1.29, 1.82) is 0 Å². The highest BCUT2D eigenvalue weighted by Crippen LogP contribution is 2.29. The van der Waals surface area contributed by atoms with E-state index in [9.17, 15) is 31.1 Å². The quantitative estimate of drug-likeness (QED) is 0.821. The van der Waals surface area contributed by atoms with Crippen LogP contribution in [0, 0.1) is 5.82 Å². The van der Waals surface area contributed by atoms with Gasteiger partial charge in [0.2, 0.25) is 11.7 Å². The van der Waals surface area contributed by atoms with Gasteiger partial charge in [-0.2, -0.15) is 18.2 Å². The molecule has 1 N–H and O–H groups in total. The van der Waals surface area contributed by atoms with E-state index in [-0.39, 0.29) is 17.7 Å². The molecule has 5 nitrogen and oxygen atoms in total. The number of rotatable bonds is 5. The Balaban J connectivity index is 2.08. The van der Waals surface area contributed by atoms with E-state index in [2.05, 4.69) is 20.0 Å². The van der Waals surface area contributed by atoms with Gasteiger partial charge in [-0.3, -0.25) is 4.79 Å². The van der Waals surface area contributed by atoms with E-state index in [1.165, 1.54) is 12.1 Å². The van der Waals surface area contributed by atoms with Crippen molar-refractivity contribution in [2.75, 3.05) is 0 Å². The summed E-state index contributed by atoms with van der Waals surface area (Å²) in [5.41, 5.74) is -0.122. The lowest BCUT2D eigenvalue weighted by Crippen LogP contribution is -2.29. The summed E-state index contributed by atoms with van der Waals surface area (Å²) in [5.74, 6) is -7.07. The summed E-state index contributed by atoms with van der Waals surface area (Å²) < 4.78 is 80.5. The highest BCUT2D eigenvalue weighted by atomic mass is 19.4. The molecule has 0 radical (unpaired) electrons. The van der Waals surface area contributed by atoms with Gasteiger partial charge in [0, 0.05) is 17.7 Å². The topological polar surface area (TPSA) is 68.0 Å². The first kappa shape index (κ1) is 18.7. The Morgan fingerprint density at radius 2 is 1.92 bits per heavy atom. The molecule has 136 valence electrons. The number of nitrogens with one attached hydrogen (secondary N) is 1. The fraction of sp³-hybridized carbons (Fsp3) is 0.357. The second kappa shape index (κ2) is 6.73. The van der Waals surface area contributed by atoms with Crippen LogP contribution in [0.1, 0.15) is 24.8 Å². The average molecular weight is 367 g/mol. The summed E-state index contributed by atoms with van der Waals surface area (Å²) in [5, 5.41) is 5.23. The van der Waals surface area contributed by atoms with E-state index >= 15 is 0 Å². The summed E-state index contributed by atoms with van der Waals surface area (Å²) in [6, 6.07) is 3.23. The molecule has 0 bridgehead atoms. The lowest BCUT2D eigenvalue weighted by molar-refractivity contribution is -0.159. The number of carbonyl (C=O) groups excluding carboxylic acids is 1. The molecule has 0 aliphatic rings. The smallest absolute Gasteiger partial charge is 0.352 e. The number of hydrogen-bond donors (Lipinski definition) is 1. The van der Waals surface area contributed by atoms with Crippen LogP contribution in [0.3, 0.4) is 0 Å². The van der Waals surface area contributed by atoms with Crippen LogP contribution in [-0.4, -0.2) is 22.0 Å². The van der Waals surface area contributed by atoms with Gasteiger partial charge in [-0.25, -0.2) is 13.2 Å². The first-order chi connectivity index (χ1) is 11.5. The third kappa shape index (κ3) is 5.19. The summed E-state index contributed by atoms with van der Waals surface area (Å²) in [4.78, 5) is 14.4. The molecule has 1 aromatic heterocycles. The van der Waals surface area contributed by atoms with Gasteiger partial charge in [-0.05, 0) is 13.0 Å². The van der Waals surface area contributed by atoms with Crippen molar-refractivity contribution in [2.24, 2.45) is 0 Å². The monoisotopic (exact) mass is 367 g/mol. The van der Waals surface area contributed by atoms with Gasteiger partial charge in [0.25, 0.3) is 5.92 Å². The number of alkyl halides is 5. The maximum atomic E-state index is 14.0. The first-order valence-electron chi connectivity index (χ1n) is 6.80. The number of nitrogens with zero attached hydrogens (tertiary/aromatic N) is 2. The number of hydrogen-bond acceptors (Lipinski definition) is 4. The van der Waals surface area contributed by atoms with E-state index in [1.807, 2.05) is 0 Å². The Morgan fingerprint density at radius 1 is 1.24 bits per heavy atom. The van der Waals surface area contributed by atoms with Crippen LogP contribution in [-0.2, 0) is 17.5 Å². The summed E-state index contributed by atoms with van der Waals surface area (Å²) in [6.45, 7) is 0.211. The third-order valence-electron chi connectivity index (χ3n) is 2.93. The third-order valence-corrected chi connectivity index (χ3v) is 2.93. The molecule has 0 saturated heterocycles. The minimum absolute atomic E-state index is 0.0453. The van der Waals surface area contributed by atoms with Crippen LogP contribution in [0.4, 0.5) is 26.3 Å². The molecule has 0 unspecified atom stereocenters. The van der Waals surface area contributed by atoms with Crippen LogP contribution in [0.25, 0.3) is 11.4 Å². The molecule has 0 saturated carbocycles. The molecule has 0 fully saturated rings. The van der Waals surface area contributed by atoms with Crippen LogP contribution in [0.2, 0.25) is 0 Å². The Kier molecular flexibility index (Phi) is 5.04. The maximum Gasteiger partial charge on any atom is 0.471 e. The molecule has 2 aromatic rings. The second-order valence-electron chi connectivity index (χ2n) is 5.25. The molecule has 0 aliphatic carbocycles. The minimum Gasteiger partial charge on any atom is -0.352 e. The number of halogens is 6. The van der Waals surface area contributed by atoms with E-state index in [0.717, 1.165) is 6.07 Å². The Morgan fingerprint density at radius 3 is 2.44 bits per heavy atom. The van der Waals surface area contributed by atoms with Gasteiger partial charge in [-0.15, -0.1) is 0 Å². The van der Waals surface area contributed by atoms with Crippen LogP contribution >= 0.6 is 0 Å². The van der Waals surface area contributed by atoms with E-state index in [4.69, 9.17) is 0 Å². The Bertz CT molecular complexity index is 767. The van der Waals surface area contributed by atoms with E-state index < -0.39 is 42.0 Å². The molecular formula is C14H11F6N3O2. The SMILES string of the molecule is CC(F)(F)CC(=O)NCc1ccc(-c2noc(C(F)(F)F)n2)cc1F. The molecular weight excluding hydrogens is 356 g/mol. The lowest BCUT2D eigenvalue weighted by atomic mass is 10.1. The number of aromatic nitrogens is 2. The first-order valence-corrected chi connectivity index (χ1v) is 6.80. The van der Waals surface area contributed by atoms with E-state index in [0.29, 0.717) is 6.92 Å². The molecule has 0 aliphatic heterocycles. The average Bonchev–Trinajstić information content (AvgIpc) is 2.93. The predicted octanol–water partition coefficient (Wildman–Crippen LogP) is 3.56. The Labute approximate surface area is 137 Å². The van der Waals surface area contributed by atoms with Crippen LogP contribution < -0.4 is 5.32 Å². The number of carbonyl (C=O) groups is 1. The van der Waals surface area contributed by atoms with Crippen LogP contribution in [0.15, 0.2) is 22.7 Å². The largest absolute Gasteiger partial charge is 0.471 e. The Hall–Kier alpha value is -2.59. The zero-order chi connectivity index (χ0) is 18.8. The van der Waals surface area contributed by atoms with Gasteiger partial charge in [0.15, 0.2) is 0 Å². The lowest BCUT2D eigenvalue weighted by Gasteiger charge is -2.11. The second-order valence-corrected chi connectivity index (χ2v) is 5.25. The van der Waals surface area contributed by atoms with Gasteiger partial charge in [0.1, 0.15) is 5.82 Å². The van der Waals surface area contributed by atoms with Gasteiger partial charge >= 0.3 is 12.1 Å². The summed E-state index contributed by atoms with van der Waals surface area (Å²) >= 11 is 0. The molecule has 0 spiro atoms. The number of amides is 1. The molecule has 11 heteroatoms. The van der Waals surface area contributed by atoms with Crippen molar-refractivity contribution in [1.82, 2.24) is 15.5 Å². The van der Waals surface area contributed by atoms with Gasteiger partial charge in [0.05, 0.1) is 6.42 Å². The molecule has 0 atom stereocenters. The van der Waals surface area contributed by atoms with Crippen molar-refractivity contribution in [3.63, 3.8) is 0 Å². The van der Waals surface area contributed by atoms with Crippen molar-refractivity contribution in [2.45, 2.75) is 32.0 Å². The molecule has 2 rings (SSSR count). The fourth-order valence-electron chi connectivity index (χ4n) is 1.82. The minimum atomic E-state index is -4.82. The normalized spacial score (nSPS) is 12.3. The van der Waals surface area contributed by atoms with Crippen molar-refractivity contribution < 1.29 is 35.7 Å². The van der Waals surface area contributed by atoms with Crippen molar-refractivity contribution >= 4 is 5.91 Å². The molecule has 1 heterocycles. The molecule has 1 aromatic carbocycles. The summed E-state index contributed by atoms with van der Waals surface area (Å²) in [6.07, 6.45) is -5.87. The van der Waals surface area contributed by atoms with Gasteiger partial charge < -0.3 is 9.84 Å². The predicted molar refractivity (Wildman–Crippen MR) is 71.8 cm³/mol.